The molecule has 0 saturated carbocycles. The number of piperidine rings is 1. The van der Waals surface area contributed by atoms with E-state index >= 15 is 0 Å². The number of aromatic nitrogens is 4. The van der Waals surface area contributed by atoms with Crippen molar-refractivity contribution in [2.24, 2.45) is 0 Å². The predicted molar refractivity (Wildman–Crippen MR) is 101 cm³/mol. The van der Waals surface area contributed by atoms with Crippen LogP contribution in [0.15, 0.2) is 59.9 Å². The Hall–Kier alpha value is -3.22. The number of nitrogens with one attached hydrogen (secondary N) is 1. The third kappa shape index (κ3) is 3.67. The van der Waals surface area contributed by atoms with Gasteiger partial charge in [0.2, 0.25) is 0 Å². The third-order valence-electron chi connectivity index (χ3n) is 4.93. The number of aromatic amines is 1. The maximum Gasteiger partial charge on any atom is 0.260 e. The fourth-order valence-corrected chi connectivity index (χ4v) is 3.61. The number of carbonyl (C=O) groups is 1. The van der Waals surface area contributed by atoms with E-state index < -0.39 is 0 Å². The minimum Gasteiger partial charge on any atom is -0.338 e. The Morgan fingerprint density at radius 2 is 2.11 bits per heavy atom. The summed E-state index contributed by atoms with van der Waals surface area (Å²) in [6, 6.07) is 9.11. The van der Waals surface area contributed by atoms with Crippen LogP contribution in [-0.4, -0.2) is 43.4 Å². The molecule has 138 valence electrons. The number of pyridine rings is 2. The predicted octanol–water partition coefficient (Wildman–Crippen LogP) is 2.03. The monoisotopic (exact) mass is 363 g/mol. The van der Waals surface area contributed by atoms with E-state index in [9.17, 15) is 9.59 Å². The van der Waals surface area contributed by atoms with Crippen LogP contribution in [0.25, 0.3) is 0 Å². The standard InChI is InChI=1S/C20H21N5O2/c26-19-17(7-3-9-23-19)20(27)25-11-4-5-15(13-25)18-22-10-12-24(18)14-16-6-1-2-8-21-16/h1-3,6-10,12,15H,4-5,11,13-14H2,(H,23,26)/t15-/m0/s1. The molecule has 0 unspecified atom stereocenters. The minimum absolute atomic E-state index is 0.143. The second-order valence-corrected chi connectivity index (χ2v) is 6.74. The van der Waals surface area contributed by atoms with E-state index in [1.807, 2.05) is 24.4 Å². The Labute approximate surface area is 156 Å². The van der Waals surface area contributed by atoms with Crippen LogP contribution in [0.4, 0.5) is 0 Å². The van der Waals surface area contributed by atoms with Crippen LogP contribution in [0.1, 0.15) is 40.6 Å². The van der Waals surface area contributed by atoms with Crippen molar-refractivity contribution >= 4 is 5.91 Å². The van der Waals surface area contributed by atoms with E-state index in [1.54, 1.807) is 29.4 Å². The van der Waals surface area contributed by atoms with Gasteiger partial charge in [-0.25, -0.2) is 4.98 Å². The van der Waals surface area contributed by atoms with Gasteiger partial charge >= 0.3 is 0 Å². The molecule has 3 aromatic heterocycles. The Morgan fingerprint density at radius 3 is 2.93 bits per heavy atom. The topological polar surface area (TPSA) is 83.9 Å². The molecule has 0 aromatic carbocycles. The maximum atomic E-state index is 12.8. The minimum atomic E-state index is -0.346. The molecule has 0 radical (unpaired) electrons. The number of H-pyrrole nitrogens is 1. The van der Waals surface area contributed by atoms with Gasteiger partial charge in [-0.15, -0.1) is 0 Å². The number of hydrogen-bond acceptors (Lipinski definition) is 4. The second-order valence-electron chi connectivity index (χ2n) is 6.74. The normalized spacial score (nSPS) is 17.0. The summed E-state index contributed by atoms with van der Waals surface area (Å²) < 4.78 is 2.09. The number of amides is 1. The molecule has 0 aliphatic carbocycles. The van der Waals surface area contributed by atoms with Gasteiger partial charge < -0.3 is 14.5 Å². The summed E-state index contributed by atoms with van der Waals surface area (Å²) in [6.45, 7) is 1.87. The molecule has 1 fully saturated rings. The summed E-state index contributed by atoms with van der Waals surface area (Å²) in [7, 11) is 0. The summed E-state index contributed by atoms with van der Waals surface area (Å²) in [5.41, 5.74) is 0.813. The zero-order valence-corrected chi connectivity index (χ0v) is 14.9. The van der Waals surface area contributed by atoms with Crippen LogP contribution in [0.3, 0.4) is 0 Å². The first-order valence-electron chi connectivity index (χ1n) is 9.10. The van der Waals surface area contributed by atoms with Crippen LogP contribution in [0, 0.1) is 0 Å². The van der Waals surface area contributed by atoms with Crippen LogP contribution in [0.5, 0.6) is 0 Å². The van der Waals surface area contributed by atoms with Gasteiger partial charge in [0.05, 0.1) is 12.2 Å². The average molecular weight is 363 g/mol. The number of carbonyl (C=O) groups excluding carboxylic acids is 1. The first-order valence-corrected chi connectivity index (χ1v) is 9.10. The fraction of sp³-hybridized carbons (Fsp3) is 0.300. The molecule has 1 saturated heterocycles. The van der Waals surface area contributed by atoms with Gasteiger partial charge in [-0.1, -0.05) is 6.07 Å². The number of imidazole rings is 1. The SMILES string of the molecule is O=C(c1ccc[nH]c1=O)N1CCC[C@H](c2nccn2Cc2ccccn2)C1. The third-order valence-corrected chi connectivity index (χ3v) is 4.93. The first-order chi connectivity index (χ1) is 13.2. The van der Waals surface area contributed by atoms with Crippen LogP contribution in [-0.2, 0) is 6.54 Å². The smallest absolute Gasteiger partial charge is 0.260 e. The number of hydrogen-bond donors (Lipinski definition) is 1. The van der Waals surface area contributed by atoms with E-state index in [4.69, 9.17) is 0 Å². The Kier molecular flexibility index (Phi) is 4.82. The van der Waals surface area contributed by atoms with Gasteiger partial charge in [0.25, 0.3) is 11.5 Å². The molecule has 1 aliphatic rings. The van der Waals surface area contributed by atoms with Crippen molar-refractivity contribution in [3.8, 4) is 0 Å². The molecule has 4 rings (SSSR count). The van der Waals surface area contributed by atoms with Crippen molar-refractivity contribution in [3.63, 3.8) is 0 Å². The highest BCUT2D eigenvalue weighted by Crippen LogP contribution is 2.27. The molecule has 1 atom stereocenters. The maximum absolute atomic E-state index is 12.8. The Morgan fingerprint density at radius 1 is 1.19 bits per heavy atom. The zero-order chi connectivity index (χ0) is 18.6. The van der Waals surface area contributed by atoms with Gasteiger partial charge in [0, 0.05) is 43.8 Å². The molecule has 0 spiro atoms. The summed E-state index contributed by atoms with van der Waals surface area (Å²) >= 11 is 0. The van der Waals surface area contributed by atoms with Crippen LogP contribution in [0.2, 0.25) is 0 Å². The molecule has 7 nitrogen and oxygen atoms in total. The van der Waals surface area contributed by atoms with Crippen molar-refractivity contribution in [1.82, 2.24) is 24.4 Å². The molecule has 1 N–H and O–H groups in total. The van der Waals surface area contributed by atoms with Crippen LogP contribution >= 0.6 is 0 Å². The van der Waals surface area contributed by atoms with Crippen molar-refractivity contribution in [2.75, 3.05) is 13.1 Å². The zero-order valence-electron chi connectivity index (χ0n) is 14.9. The first kappa shape index (κ1) is 17.2. The highest BCUT2D eigenvalue weighted by atomic mass is 16.2. The molecule has 0 bridgehead atoms. The van der Waals surface area contributed by atoms with Gasteiger partial charge in [-0.2, -0.15) is 0 Å². The summed E-state index contributed by atoms with van der Waals surface area (Å²) in [4.78, 5) is 38.0. The molecular weight excluding hydrogens is 342 g/mol. The second kappa shape index (κ2) is 7.57. The van der Waals surface area contributed by atoms with Gasteiger partial charge in [-0.3, -0.25) is 14.6 Å². The lowest BCUT2D eigenvalue weighted by molar-refractivity contribution is 0.0701. The summed E-state index contributed by atoms with van der Waals surface area (Å²) in [5, 5.41) is 0. The van der Waals surface area contributed by atoms with E-state index in [-0.39, 0.29) is 22.9 Å². The van der Waals surface area contributed by atoms with Crippen molar-refractivity contribution in [3.05, 3.63) is 82.6 Å². The Bertz CT molecular complexity index is 979. The molecule has 3 aromatic rings. The van der Waals surface area contributed by atoms with Gasteiger partial charge in [-0.05, 0) is 37.1 Å². The van der Waals surface area contributed by atoms with E-state index in [2.05, 4.69) is 19.5 Å². The van der Waals surface area contributed by atoms with Crippen molar-refractivity contribution < 1.29 is 4.79 Å². The number of rotatable bonds is 4. The molecule has 4 heterocycles. The summed E-state index contributed by atoms with van der Waals surface area (Å²) in [5.74, 6) is 0.883. The largest absolute Gasteiger partial charge is 0.338 e. The highest BCUT2D eigenvalue weighted by Gasteiger charge is 2.29. The van der Waals surface area contributed by atoms with Crippen molar-refractivity contribution in [1.29, 1.82) is 0 Å². The average Bonchev–Trinajstić information content (AvgIpc) is 3.17. The molecule has 7 heteroatoms. The molecular formula is C20H21N5O2. The van der Waals surface area contributed by atoms with E-state index in [1.165, 1.54) is 6.20 Å². The highest BCUT2D eigenvalue weighted by molar-refractivity contribution is 5.93. The van der Waals surface area contributed by atoms with Gasteiger partial charge in [0.1, 0.15) is 11.4 Å². The lowest BCUT2D eigenvalue weighted by atomic mass is 9.96. The van der Waals surface area contributed by atoms with Crippen molar-refractivity contribution in [2.45, 2.75) is 25.3 Å². The summed E-state index contributed by atoms with van der Waals surface area (Å²) in [6.07, 6.45) is 8.91. The van der Waals surface area contributed by atoms with E-state index in [0.717, 1.165) is 24.4 Å². The molecule has 1 aliphatic heterocycles. The number of nitrogens with zero attached hydrogens (tertiary/aromatic N) is 4. The van der Waals surface area contributed by atoms with Crippen LogP contribution < -0.4 is 5.56 Å². The molecule has 1 amide bonds. The number of likely N-dealkylation sites (tertiary alicyclic amines) is 1. The lowest BCUT2D eigenvalue weighted by Gasteiger charge is -2.32. The van der Waals surface area contributed by atoms with Gasteiger partial charge in [0.15, 0.2) is 0 Å². The van der Waals surface area contributed by atoms with E-state index in [0.29, 0.717) is 19.6 Å². The quantitative estimate of drug-likeness (QED) is 0.769. The fourth-order valence-electron chi connectivity index (χ4n) is 3.61. The lowest BCUT2D eigenvalue weighted by Crippen LogP contribution is -2.41. The Balaban J connectivity index is 1.52. The molecule has 27 heavy (non-hydrogen) atoms.